The van der Waals surface area contributed by atoms with E-state index in [9.17, 15) is 31.3 Å². The fourth-order valence-electron chi connectivity index (χ4n) is 5.90. The molecule has 4 aliphatic carbocycles. The van der Waals surface area contributed by atoms with Crippen LogP contribution >= 0.6 is 67.8 Å². The summed E-state index contributed by atoms with van der Waals surface area (Å²) in [7, 11) is -6.22. The molecular formula is C19H14F2I3O8S-. The number of halogens is 5. The molecule has 5 aliphatic rings. The average molecular weight is 821 g/mol. The molecule has 2 atom stereocenters. The van der Waals surface area contributed by atoms with Crippen molar-refractivity contribution in [1.82, 2.24) is 0 Å². The monoisotopic (exact) mass is 821 g/mol. The maximum Gasteiger partial charge on any atom is 0.428 e. The number of fused-ring (bicyclic) bond motifs is 1. The maximum atomic E-state index is 13.8. The Balaban J connectivity index is 1.48. The van der Waals surface area contributed by atoms with E-state index in [4.69, 9.17) is 14.2 Å². The molecule has 4 bridgehead atoms. The van der Waals surface area contributed by atoms with Crippen LogP contribution in [0.4, 0.5) is 8.78 Å². The van der Waals surface area contributed by atoms with E-state index >= 15 is 0 Å². The van der Waals surface area contributed by atoms with Gasteiger partial charge in [0.2, 0.25) is 0 Å². The molecule has 6 rings (SSSR count). The highest BCUT2D eigenvalue weighted by Gasteiger charge is 2.69. The number of hydrogen-bond acceptors (Lipinski definition) is 8. The topological polar surface area (TPSA) is 119 Å². The van der Waals surface area contributed by atoms with Gasteiger partial charge >= 0.3 is 17.2 Å². The third-order valence-corrected chi connectivity index (χ3v) is 12.9. The minimum Gasteiger partial charge on any atom is -0.743 e. The van der Waals surface area contributed by atoms with Gasteiger partial charge in [-0.3, -0.25) is 0 Å². The van der Waals surface area contributed by atoms with Gasteiger partial charge in [-0.15, -0.1) is 0 Å². The summed E-state index contributed by atoms with van der Waals surface area (Å²) in [5.41, 5.74) is -1.03. The first-order valence-electron chi connectivity index (χ1n) is 9.86. The second-order valence-corrected chi connectivity index (χ2v) is 13.7. The predicted octanol–water partition coefficient (Wildman–Crippen LogP) is 4.01. The maximum absolute atomic E-state index is 13.8. The SMILES string of the molecule is O=C1OC2(Oc3cc(I)c(I)c(I)c31)C1CC3CC2CC(OC(=O)C(F)(F)S(=O)(=O)[O-])(C3)C1. The van der Waals surface area contributed by atoms with Crippen LogP contribution in [-0.4, -0.2) is 41.6 Å². The third kappa shape index (κ3) is 3.61. The van der Waals surface area contributed by atoms with Gasteiger partial charge in [-0.05, 0) is 112 Å². The van der Waals surface area contributed by atoms with Crippen molar-refractivity contribution in [2.24, 2.45) is 17.8 Å². The Bertz CT molecular complexity index is 1190. The molecule has 4 saturated carbocycles. The van der Waals surface area contributed by atoms with Crippen molar-refractivity contribution in [2.75, 3.05) is 0 Å². The van der Waals surface area contributed by atoms with Gasteiger partial charge in [-0.1, -0.05) is 0 Å². The van der Waals surface area contributed by atoms with Gasteiger partial charge in [0.1, 0.15) is 16.9 Å². The van der Waals surface area contributed by atoms with Crippen LogP contribution in [0.1, 0.15) is 42.5 Å². The Morgan fingerprint density at radius 1 is 1.12 bits per heavy atom. The fraction of sp³-hybridized carbons (Fsp3) is 0.579. The Hall–Kier alpha value is -0.0800. The van der Waals surface area contributed by atoms with Crippen LogP contribution in [0.5, 0.6) is 5.75 Å². The summed E-state index contributed by atoms with van der Waals surface area (Å²) in [5, 5.41) is -5.18. The predicted molar refractivity (Wildman–Crippen MR) is 130 cm³/mol. The first kappa shape index (κ1) is 24.6. The van der Waals surface area contributed by atoms with Gasteiger partial charge in [0, 0.05) is 22.5 Å². The lowest BCUT2D eigenvalue weighted by atomic mass is 9.51. The first-order valence-corrected chi connectivity index (χ1v) is 14.5. The molecule has 4 fully saturated rings. The summed E-state index contributed by atoms with van der Waals surface area (Å²) < 4.78 is 80.1. The van der Waals surface area contributed by atoms with Gasteiger partial charge in [0.15, 0.2) is 10.1 Å². The number of carbonyl (C=O) groups excluding carboxylic acids is 2. The van der Waals surface area contributed by atoms with E-state index in [2.05, 4.69) is 67.8 Å². The lowest BCUT2D eigenvalue weighted by molar-refractivity contribution is -0.309. The number of ether oxygens (including phenoxy) is 3. The Labute approximate surface area is 228 Å². The summed E-state index contributed by atoms with van der Waals surface area (Å²) in [6.45, 7) is 0. The van der Waals surface area contributed by atoms with Gasteiger partial charge in [-0.25, -0.2) is 18.0 Å². The Morgan fingerprint density at radius 2 is 1.73 bits per heavy atom. The molecule has 33 heavy (non-hydrogen) atoms. The van der Waals surface area contributed by atoms with Crippen molar-refractivity contribution >= 4 is 89.8 Å². The van der Waals surface area contributed by atoms with E-state index in [-0.39, 0.29) is 25.2 Å². The van der Waals surface area contributed by atoms with Gasteiger partial charge in [0.05, 0.1) is 0 Å². The standard InChI is InChI=1S/C19H15F2I3O8S/c20-19(21,33(27,28)29)16(26)32-17-4-7-1-8(5-17)18(9(2-7)6-17)30-11-3-10(22)13(23)14(24)12(11)15(25)31-18/h3,7-9H,1-2,4-6H2,(H,27,28,29)/p-1. The highest BCUT2D eigenvalue weighted by Crippen LogP contribution is 2.64. The number of carbonyl (C=O) groups is 2. The highest BCUT2D eigenvalue weighted by atomic mass is 127. The average Bonchev–Trinajstić information content (AvgIpc) is 2.68. The first-order chi connectivity index (χ1) is 15.2. The van der Waals surface area contributed by atoms with Crippen molar-refractivity contribution in [3.8, 4) is 5.75 Å². The summed E-state index contributed by atoms with van der Waals surface area (Å²) in [6.07, 6.45) is 1.54. The molecule has 1 spiro atoms. The molecule has 2 unspecified atom stereocenters. The molecule has 1 aromatic carbocycles. The molecular weight excluding hydrogens is 807 g/mol. The van der Waals surface area contributed by atoms with Crippen LogP contribution < -0.4 is 4.74 Å². The summed E-state index contributed by atoms with van der Waals surface area (Å²) in [6, 6.07) is 1.77. The van der Waals surface area contributed by atoms with E-state index in [1.807, 2.05) is 0 Å². The van der Waals surface area contributed by atoms with E-state index < -0.39 is 50.5 Å². The number of rotatable bonds is 3. The van der Waals surface area contributed by atoms with Gasteiger partial charge < -0.3 is 18.8 Å². The number of alkyl halides is 2. The molecule has 1 aromatic rings. The van der Waals surface area contributed by atoms with E-state index in [1.54, 1.807) is 6.07 Å². The van der Waals surface area contributed by atoms with Crippen LogP contribution in [0.2, 0.25) is 0 Å². The van der Waals surface area contributed by atoms with Crippen molar-refractivity contribution < 1.29 is 45.6 Å². The normalized spacial score (nSPS) is 34.6. The summed E-state index contributed by atoms with van der Waals surface area (Å²) in [5.74, 6) is -4.71. The van der Waals surface area contributed by atoms with Crippen LogP contribution in [0.15, 0.2) is 6.07 Å². The van der Waals surface area contributed by atoms with Gasteiger partial charge in [0.25, 0.3) is 5.79 Å². The minimum absolute atomic E-state index is 0.000834. The Morgan fingerprint density at radius 3 is 2.30 bits per heavy atom. The van der Waals surface area contributed by atoms with Crippen LogP contribution in [0.3, 0.4) is 0 Å². The molecule has 0 N–H and O–H groups in total. The third-order valence-electron chi connectivity index (χ3n) is 6.98. The molecule has 8 nitrogen and oxygen atoms in total. The number of hydrogen-bond donors (Lipinski definition) is 0. The molecule has 180 valence electrons. The Kier molecular flexibility index (Phi) is 5.75. The molecule has 14 heteroatoms. The van der Waals surface area contributed by atoms with Crippen molar-refractivity contribution in [2.45, 2.75) is 48.7 Å². The van der Waals surface area contributed by atoms with Crippen molar-refractivity contribution in [1.29, 1.82) is 0 Å². The lowest BCUT2D eigenvalue weighted by Gasteiger charge is -2.63. The van der Waals surface area contributed by atoms with Crippen molar-refractivity contribution in [3.63, 3.8) is 0 Å². The molecule has 0 aromatic heterocycles. The molecule has 0 saturated heterocycles. The quantitative estimate of drug-likeness (QED) is 0.195. The zero-order chi connectivity index (χ0) is 24.1. The molecule has 1 heterocycles. The van der Waals surface area contributed by atoms with E-state index in [0.717, 1.165) is 7.14 Å². The van der Waals surface area contributed by atoms with Gasteiger partial charge in [-0.2, -0.15) is 8.78 Å². The second-order valence-electron chi connectivity index (χ2n) is 8.96. The van der Waals surface area contributed by atoms with E-state index in [1.165, 1.54) is 0 Å². The largest absolute Gasteiger partial charge is 0.743 e. The zero-order valence-electron chi connectivity index (χ0n) is 16.4. The lowest BCUT2D eigenvalue weighted by Crippen LogP contribution is -2.69. The minimum atomic E-state index is -6.22. The highest BCUT2D eigenvalue weighted by molar-refractivity contribution is 14.1. The molecule has 0 radical (unpaired) electrons. The van der Waals surface area contributed by atoms with Crippen molar-refractivity contribution in [3.05, 3.63) is 22.3 Å². The number of esters is 2. The molecule has 1 aliphatic heterocycles. The fourth-order valence-corrected chi connectivity index (χ4v) is 8.42. The van der Waals surface area contributed by atoms with Crippen LogP contribution in [0.25, 0.3) is 0 Å². The smallest absolute Gasteiger partial charge is 0.428 e. The number of benzene rings is 1. The summed E-state index contributed by atoms with van der Waals surface area (Å²) in [4.78, 5) is 25.1. The zero-order valence-corrected chi connectivity index (χ0v) is 23.7. The second kappa shape index (κ2) is 7.71. The van der Waals surface area contributed by atoms with E-state index in [0.29, 0.717) is 27.7 Å². The van der Waals surface area contributed by atoms with Crippen LogP contribution in [0, 0.1) is 28.5 Å². The molecule has 0 amide bonds. The summed E-state index contributed by atoms with van der Waals surface area (Å²) >= 11 is 6.35. The van der Waals surface area contributed by atoms with Crippen LogP contribution in [-0.2, 0) is 24.4 Å².